The molecular formula is C12H9Br2ClO2S. The van der Waals surface area contributed by atoms with Gasteiger partial charge in [-0.25, -0.2) is 0 Å². The fraction of sp³-hybridized carbons (Fsp3) is 0.167. The summed E-state index contributed by atoms with van der Waals surface area (Å²) in [7, 11) is 1.56. The fourth-order valence-corrected chi connectivity index (χ4v) is 3.82. The molecule has 0 fully saturated rings. The van der Waals surface area contributed by atoms with Crippen LogP contribution in [-0.2, 0) is 0 Å². The molecule has 2 nitrogen and oxygen atoms in total. The molecule has 1 heterocycles. The summed E-state index contributed by atoms with van der Waals surface area (Å²) in [4.78, 5) is 0.828. The Morgan fingerprint density at radius 3 is 2.61 bits per heavy atom. The van der Waals surface area contributed by atoms with Gasteiger partial charge in [-0.1, -0.05) is 17.7 Å². The van der Waals surface area contributed by atoms with Crippen molar-refractivity contribution in [3.05, 3.63) is 48.0 Å². The second kappa shape index (κ2) is 5.92. The maximum absolute atomic E-state index is 10.4. The molecule has 2 aromatic rings. The van der Waals surface area contributed by atoms with Crippen LogP contribution in [0.15, 0.2) is 32.5 Å². The lowest BCUT2D eigenvalue weighted by Gasteiger charge is -2.13. The molecule has 0 bridgehead atoms. The van der Waals surface area contributed by atoms with E-state index in [1.165, 1.54) is 11.3 Å². The number of halogens is 3. The van der Waals surface area contributed by atoms with Crippen LogP contribution < -0.4 is 4.74 Å². The molecule has 0 aliphatic rings. The first-order valence-corrected chi connectivity index (χ1v) is 7.77. The number of rotatable bonds is 3. The Hall–Kier alpha value is -0.0700. The minimum atomic E-state index is -0.732. The lowest BCUT2D eigenvalue weighted by atomic mass is 10.1. The van der Waals surface area contributed by atoms with Crippen molar-refractivity contribution in [1.82, 2.24) is 0 Å². The highest BCUT2D eigenvalue weighted by atomic mass is 79.9. The van der Waals surface area contributed by atoms with E-state index < -0.39 is 6.10 Å². The summed E-state index contributed by atoms with van der Waals surface area (Å²) >= 11 is 14.2. The second-order valence-electron chi connectivity index (χ2n) is 3.56. The third-order valence-electron chi connectivity index (χ3n) is 2.42. The number of thiophene rings is 1. The van der Waals surface area contributed by atoms with Gasteiger partial charge in [0.25, 0.3) is 0 Å². The summed E-state index contributed by atoms with van der Waals surface area (Å²) in [6, 6.07) is 7.08. The summed E-state index contributed by atoms with van der Waals surface area (Å²) in [5, 5.41) is 11.0. The minimum absolute atomic E-state index is 0.579. The molecule has 1 unspecified atom stereocenters. The zero-order chi connectivity index (χ0) is 13.3. The fourth-order valence-electron chi connectivity index (χ4n) is 1.56. The predicted molar refractivity (Wildman–Crippen MR) is 81.8 cm³/mol. The number of methoxy groups -OCH3 is 1. The molecule has 18 heavy (non-hydrogen) atoms. The number of aliphatic hydroxyl groups is 1. The largest absolute Gasteiger partial charge is 0.496 e. The standard InChI is InChI=1S/C12H9Br2ClO2S/c1-17-9-4-6(15)2-3-7(9)11(16)10-5-8(13)12(14)18-10/h2-5,11,16H,1H3. The average molecular weight is 413 g/mol. The summed E-state index contributed by atoms with van der Waals surface area (Å²) < 4.78 is 7.12. The molecule has 0 aliphatic carbocycles. The monoisotopic (exact) mass is 410 g/mol. The Kier molecular flexibility index (Phi) is 4.72. The third-order valence-corrected chi connectivity index (χ3v) is 5.97. The summed E-state index contributed by atoms with van der Waals surface area (Å²) in [6.07, 6.45) is -0.732. The molecule has 1 aromatic carbocycles. The van der Waals surface area contributed by atoms with Gasteiger partial charge in [0.15, 0.2) is 0 Å². The second-order valence-corrected chi connectivity index (χ2v) is 7.25. The van der Waals surface area contributed by atoms with Crippen molar-refractivity contribution >= 4 is 54.8 Å². The number of benzene rings is 1. The first kappa shape index (κ1) is 14.3. The maximum atomic E-state index is 10.4. The quantitative estimate of drug-likeness (QED) is 0.767. The van der Waals surface area contributed by atoms with E-state index in [-0.39, 0.29) is 0 Å². The number of hydrogen-bond donors (Lipinski definition) is 1. The van der Waals surface area contributed by atoms with Gasteiger partial charge in [-0.05, 0) is 50.1 Å². The van der Waals surface area contributed by atoms with E-state index in [2.05, 4.69) is 31.9 Å². The van der Waals surface area contributed by atoms with Crippen molar-refractivity contribution in [1.29, 1.82) is 0 Å². The van der Waals surface area contributed by atoms with Crippen molar-refractivity contribution in [3.8, 4) is 5.75 Å². The van der Waals surface area contributed by atoms with Crippen molar-refractivity contribution in [2.24, 2.45) is 0 Å². The zero-order valence-electron chi connectivity index (χ0n) is 9.28. The topological polar surface area (TPSA) is 29.5 Å². The van der Waals surface area contributed by atoms with E-state index in [9.17, 15) is 5.11 Å². The van der Waals surface area contributed by atoms with Crippen LogP contribution in [0.25, 0.3) is 0 Å². The van der Waals surface area contributed by atoms with Gasteiger partial charge in [-0.2, -0.15) is 0 Å². The van der Waals surface area contributed by atoms with E-state index in [0.29, 0.717) is 16.3 Å². The molecule has 6 heteroatoms. The Balaban J connectivity index is 2.42. The smallest absolute Gasteiger partial charge is 0.126 e. The van der Waals surface area contributed by atoms with Gasteiger partial charge < -0.3 is 9.84 Å². The number of hydrogen-bond acceptors (Lipinski definition) is 3. The van der Waals surface area contributed by atoms with E-state index in [4.69, 9.17) is 16.3 Å². The molecule has 1 atom stereocenters. The van der Waals surface area contributed by atoms with Gasteiger partial charge in [0, 0.05) is 19.9 Å². The summed E-state index contributed by atoms with van der Waals surface area (Å²) in [5.41, 5.74) is 0.697. The van der Waals surface area contributed by atoms with Crippen LogP contribution in [-0.4, -0.2) is 12.2 Å². The normalized spacial score (nSPS) is 12.5. The van der Waals surface area contributed by atoms with Crippen molar-refractivity contribution in [2.75, 3.05) is 7.11 Å². The molecular weight excluding hydrogens is 403 g/mol. The highest BCUT2D eigenvalue weighted by Crippen LogP contribution is 2.40. The highest BCUT2D eigenvalue weighted by molar-refractivity contribution is 9.13. The summed E-state index contributed by atoms with van der Waals surface area (Å²) in [5.74, 6) is 0.579. The van der Waals surface area contributed by atoms with Gasteiger partial charge in [0.05, 0.1) is 10.9 Å². The number of aliphatic hydroxyl groups excluding tert-OH is 1. The predicted octanol–water partition coefficient (Wildman–Crippen LogP) is 5.02. The van der Waals surface area contributed by atoms with Gasteiger partial charge >= 0.3 is 0 Å². The third kappa shape index (κ3) is 2.91. The van der Waals surface area contributed by atoms with E-state index >= 15 is 0 Å². The molecule has 0 amide bonds. The van der Waals surface area contributed by atoms with Gasteiger partial charge in [-0.15, -0.1) is 11.3 Å². The van der Waals surface area contributed by atoms with Gasteiger partial charge in [0.2, 0.25) is 0 Å². The Bertz CT molecular complexity index is 552. The SMILES string of the molecule is COc1cc(Cl)ccc1C(O)c1cc(Br)c(Br)s1. The van der Waals surface area contributed by atoms with Gasteiger partial charge in [-0.3, -0.25) is 0 Å². The maximum Gasteiger partial charge on any atom is 0.126 e. The first-order valence-electron chi connectivity index (χ1n) is 4.99. The van der Waals surface area contributed by atoms with Crippen molar-refractivity contribution in [3.63, 3.8) is 0 Å². The van der Waals surface area contributed by atoms with Crippen LogP contribution in [0.2, 0.25) is 5.02 Å². The Morgan fingerprint density at radius 1 is 1.33 bits per heavy atom. The van der Waals surface area contributed by atoms with Crippen LogP contribution in [0.1, 0.15) is 16.5 Å². The molecule has 1 N–H and O–H groups in total. The Morgan fingerprint density at radius 2 is 2.06 bits per heavy atom. The summed E-state index contributed by atoms with van der Waals surface area (Å²) in [6.45, 7) is 0. The lowest BCUT2D eigenvalue weighted by Crippen LogP contribution is -2.00. The van der Waals surface area contributed by atoms with E-state index in [1.807, 2.05) is 6.07 Å². The molecule has 0 saturated carbocycles. The lowest BCUT2D eigenvalue weighted by molar-refractivity contribution is 0.218. The first-order chi connectivity index (χ1) is 8.52. The van der Waals surface area contributed by atoms with Gasteiger partial charge in [0.1, 0.15) is 11.9 Å². The molecule has 0 saturated heterocycles. The molecule has 96 valence electrons. The number of ether oxygens (including phenoxy) is 1. The van der Waals surface area contributed by atoms with Crippen LogP contribution in [0.5, 0.6) is 5.75 Å². The van der Waals surface area contributed by atoms with Crippen molar-refractivity contribution < 1.29 is 9.84 Å². The highest BCUT2D eigenvalue weighted by Gasteiger charge is 2.19. The van der Waals surface area contributed by atoms with E-state index in [0.717, 1.165) is 13.1 Å². The average Bonchev–Trinajstić information content (AvgIpc) is 2.68. The van der Waals surface area contributed by atoms with Crippen LogP contribution in [0.4, 0.5) is 0 Å². The minimum Gasteiger partial charge on any atom is -0.496 e. The van der Waals surface area contributed by atoms with Crippen LogP contribution in [0.3, 0.4) is 0 Å². The molecule has 1 aromatic heterocycles. The molecule has 2 rings (SSSR count). The zero-order valence-corrected chi connectivity index (χ0v) is 14.0. The Labute approximate surface area is 131 Å². The van der Waals surface area contributed by atoms with E-state index in [1.54, 1.807) is 25.3 Å². The van der Waals surface area contributed by atoms with Crippen molar-refractivity contribution in [2.45, 2.75) is 6.10 Å². The van der Waals surface area contributed by atoms with Crippen LogP contribution >= 0.6 is 54.8 Å². The molecule has 0 aliphatic heterocycles. The van der Waals surface area contributed by atoms with Crippen LogP contribution in [0, 0.1) is 0 Å². The molecule has 0 radical (unpaired) electrons. The molecule has 0 spiro atoms.